The van der Waals surface area contributed by atoms with Gasteiger partial charge in [0.05, 0.1) is 17.4 Å². The van der Waals surface area contributed by atoms with Crippen LogP contribution in [0.5, 0.6) is 0 Å². The van der Waals surface area contributed by atoms with Crippen LogP contribution in [0.25, 0.3) is 10.4 Å². The molecule has 0 bridgehead atoms. The van der Waals surface area contributed by atoms with Gasteiger partial charge in [-0.3, -0.25) is 19.9 Å². The SMILES string of the molecule is CCC(N)c1cnccn1.CCC(N=[N+]=[N-])c1cnccn1. The van der Waals surface area contributed by atoms with E-state index >= 15 is 0 Å². The Balaban J connectivity index is 0.000000224. The molecule has 0 aliphatic heterocycles. The molecule has 0 aromatic carbocycles. The second kappa shape index (κ2) is 10.2. The lowest BCUT2D eigenvalue weighted by molar-refractivity contribution is 0.666. The first-order chi connectivity index (χ1) is 10.7. The molecule has 0 spiro atoms. The maximum atomic E-state index is 8.24. The minimum absolute atomic E-state index is 0.0358. The molecular formula is C14H20N8. The average Bonchev–Trinajstić information content (AvgIpc) is 2.61. The summed E-state index contributed by atoms with van der Waals surface area (Å²) in [6.07, 6.45) is 11.4. The number of nitrogens with zero attached hydrogens (tertiary/aromatic N) is 7. The van der Waals surface area contributed by atoms with Crippen molar-refractivity contribution in [2.75, 3.05) is 0 Å². The molecule has 22 heavy (non-hydrogen) atoms. The van der Waals surface area contributed by atoms with Crippen LogP contribution >= 0.6 is 0 Å². The van der Waals surface area contributed by atoms with Crippen molar-refractivity contribution < 1.29 is 0 Å². The van der Waals surface area contributed by atoms with Gasteiger partial charge >= 0.3 is 0 Å². The van der Waals surface area contributed by atoms with Crippen LogP contribution in [0.4, 0.5) is 0 Å². The predicted molar refractivity (Wildman–Crippen MR) is 83.5 cm³/mol. The van der Waals surface area contributed by atoms with Gasteiger partial charge < -0.3 is 5.73 Å². The van der Waals surface area contributed by atoms with Crippen LogP contribution in [-0.2, 0) is 0 Å². The van der Waals surface area contributed by atoms with E-state index < -0.39 is 0 Å². The van der Waals surface area contributed by atoms with E-state index in [9.17, 15) is 0 Å². The Morgan fingerprint density at radius 1 is 1.05 bits per heavy atom. The van der Waals surface area contributed by atoms with Gasteiger partial charge in [-0.25, -0.2) is 0 Å². The predicted octanol–water partition coefficient (Wildman–Crippen LogP) is 3.12. The summed E-state index contributed by atoms with van der Waals surface area (Å²) in [7, 11) is 0. The number of hydrogen-bond acceptors (Lipinski definition) is 6. The third-order valence-electron chi connectivity index (χ3n) is 2.91. The molecule has 0 fully saturated rings. The normalized spacial score (nSPS) is 12.3. The molecule has 2 aromatic rings. The Kier molecular flexibility index (Phi) is 8.10. The van der Waals surface area contributed by atoms with E-state index in [1.807, 2.05) is 13.8 Å². The molecule has 2 unspecified atom stereocenters. The fourth-order valence-corrected chi connectivity index (χ4v) is 1.61. The van der Waals surface area contributed by atoms with Crippen molar-refractivity contribution in [1.29, 1.82) is 0 Å². The summed E-state index contributed by atoms with van der Waals surface area (Å²) in [5, 5.41) is 3.59. The van der Waals surface area contributed by atoms with E-state index in [2.05, 4.69) is 30.0 Å². The van der Waals surface area contributed by atoms with Gasteiger partial charge in [0, 0.05) is 48.1 Å². The molecule has 0 saturated carbocycles. The molecule has 8 nitrogen and oxygen atoms in total. The summed E-state index contributed by atoms with van der Waals surface area (Å²) in [5.41, 5.74) is 15.5. The molecule has 116 valence electrons. The Labute approximate surface area is 129 Å². The molecule has 2 rings (SSSR count). The van der Waals surface area contributed by atoms with E-state index in [1.54, 1.807) is 37.2 Å². The van der Waals surface area contributed by atoms with Crippen molar-refractivity contribution in [1.82, 2.24) is 19.9 Å². The largest absolute Gasteiger partial charge is 0.323 e. The zero-order valence-corrected chi connectivity index (χ0v) is 12.7. The maximum absolute atomic E-state index is 8.24. The van der Waals surface area contributed by atoms with Crippen molar-refractivity contribution in [3.63, 3.8) is 0 Å². The van der Waals surface area contributed by atoms with Gasteiger partial charge in [0.15, 0.2) is 0 Å². The first kappa shape index (κ1) is 17.5. The molecule has 2 atom stereocenters. The van der Waals surface area contributed by atoms with Gasteiger partial charge in [-0.1, -0.05) is 19.0 Å². The minimum Gasteiger partial charge on any atom is -0.323 e. The molecule has 0 saturated heterocycles. The zero-order valence-electron chi connectivity index (χ0n) is 12.7. The highest BCUT2D eigenvalue weighted by atomic mass is 15.2. The quantitative estimate of drug-likeness (QED) is 0.515. The van der Waals surface area contributed by atoms with Crippen LogP contribution in [0, 0.1) is 0 Å². The van der Waals surface area contributed by atoms with Crippen LogP contribution in [0.15, 0.2) is 42.3 Å². The highest BCUT2D eigenvalue weighted by Crippen LogP contribution is 2.17. The summed E-state index contributed by atoms with van der Waals surface area (Å²) >= 11 is 0. The van der Waals surface area contributed by atoms with Gasteiger partial charge in [0.1, 0.15) is 0 Å². The summed E-state index contributed by atoms with van der Waals surface area (Å²) < 4.78 is 0. The Morgan fingerprint density at radius 2 is 1.64 bits per heavy atom. The summed E-state index contributed by atoms with van der Waals surface area (Å²) in [6.45, 7) is 3.97. The van der Waals surface area contributed by atoms with Crippen LogP contribution in [0.3, 0.4) is 0 Å². The average molecular weight is 300 g/mol. The van der Waals surface area contributed by atoms with Crippen LogP contribution in [0.1, 0.15) is 50.2 Å². The van der Waals surface area contributed by atoms with Crippen molar-refractivity contribution >= 4 is 0 Å². The lowest BCUT2D eigenvalue weighted by atomic mass is 10.2. The van der Waals surface area contributed by atoms with Gasteiger partial charge in [-0.2, -0.15) is 0 Å². The molecule has 0 aliphatic carbocycles. The summed E-state index contributed by atoms with van der Waals surface area (Å²) in [5.74, 6) is 0. The van der Waals surface area contributed by atoms with Gasteiger partial charge in [-0.15, -0.1) is 0 Å². The van der Waals surface area contributed by atoms with Crippen LogP contribution < -0.4 is 5.73 Å². The van der Waals surface area contributed by atoms with E-state index in [1.165, 1.54) is 0 Å². The number of azide groups is 1. The highest BCUT2D eigenvalue weighted by molar-refractivity contribution is 5.02. The number of rotatable bonds is 5. The Hall–Kier alpha value is -2.57. The number of aromatic nitrogens is 4. The molecule has 2 N–H and O–H groups in total. The first-order valence-electron chi connectivity index (χ1n) is 7.04. The summed E-state index contributed by atoms with van der Waals surface area (Å²) in [6, 6.07) is -0.155. The second-order valence-electron chi connectivity index (χ2n) is 4.40. The highest BCUT2D eigenvalue weighted by Gasteiger charge is 2.06. The van der Waals surface area contributed by atoms with Crippen molar-refractivity contribution in [3.05, 3.63) is 59.0 Å². The Bertz CT molecular complexity index is 568. The Morgan fingerprint density at radius 3 is 2.05 bits per heavy atom. The molecule has 0 amide bonds. The van der Waals surface area contributed by atoms with E-state index in [0.29, 0.717) is 0 Å². The van der Waals surface area contributed by atoms with Crippen molar-refractivity contribution in [2.24, 2.45) is 10.8 Å². The molecule has 2 aromatic heterocycles. The molecule has 8 heteroatoms. The topological polar surface area (TPSA) is 126 Å². The molecule has 2 heterocycles. The van der Waals surface area contributed by atoms with E-state index in [-0.39, 0.29) is 12.1 Å². The lowest BCUT2D eigenvalue weighted by Gasteiger charge is -2.04. The van der Waals surface area contributed by atoms with Crippen LogP contribution in [-0.4, -0.2) is 19.9 Å². The maximum Gasteiger partial charge on any atom is 0.0810 e. The third kappa shape index (κ3) is 5.82. The fraction of sp³-hybridized carbons (Fsp3) is 0.429. The third-order valence-corrected chi connectivity index (χ3v) is 2.91. The number of nitrogens with two attached hydrogens (primary N) is 1. The zero-order chi connectivity index (χ0) is 16.2. The van der Waals surface area contributed by atoms with E-state index in [4.69, 9.17) is 11.3 Å². The van der Waals surface area contributed by atoms with Crippen molar-refractivity contribution in [2.45, 2.75) is 38.8 Å². The van der Waals surface area contributed by atoms with Crippen LogP contribution in [0.2, 0.25) is 0 Å². The summed E-state index contributed by atoms with van der Waals surface area (Å²) in [4.78, 5) is 18.6. The second-order valence-corrected chi connectivity index (χ2v) is 4.40. The van der Waals surface area contributed by atoms with Crippen molar-refractivity contribution in [3.8, 4) is 0 Å². The minimum atomic E-state index is -0.191. The molecule has 0 radical (unpaired) electrons. The standard InChI is InChI=1S/C7H9N5.C7H11N3/c1-2-6(11-12-8)7-5-9-3-4-10-7;1-2-6(8)7-5-9-3-4-10-7/h3-6H,2H2,1H3;3-6H,2,8H2,1H3. The van der Waals surface area contributed by atoms with Gasteiger partial charge in [0.2, 0.25) is 0 Å². The lowest BCUT2D eigenvalue weighted by Crippen LogP contribution is -2.10. The molecule has 0 aliphatic rings. The smallest absolute Gasteiger partial charge is 0.0810 e. The molecular weight excluding hydrogens is 280 g/mol. The van der Waals surface area contributed by atoms with Gasteiger partial charge in [-0.05, 0) is 18.4 Å². The fourth-order valence-electron chi connectivity index (χ4n) is 1.61. The van der Waals surface area contributed by atoms with E-state index in [0.717, 1.165) is 24.2 Å². The first-order valence-corrected chi connectivity index (χ1v) is 7.04. The monoisotopic (exact) mass is 300 g/mol. The van der Waals surface area contributed by atoms with Gasteiger partial charge in [0.25, 0.3) is 0 Å². The number of hydrogen-bond donors (Lipinski definition) is 1.